The fourth-order valence-corrected chi connectivity index (χ4v) is 2.31. The van der Waals surface area contributed by atoms with Crippen LogP contribution >= 0.6 is 0 Å². The summed E-state index contributed by atoms with van der Waals surface area (Å²) in [6.07, 6.45) is 2.47. The maximum Gasteiger partial charge on any atom is 0.125 e. The summed E-state index contributed by atoms with van der Waals surface area (Å²) >= 11 is 0. The molecule has 1 aliphatic heterocycles. The lowest BCUT2D eigenvalue weighted by Gasteiger charge is -2.16. The van der Waals surface area contributed by atoms with Gasteiger partial charge in [-0.1, -0.05) is 12.1 Å². The van der Waals surface area contributed by atoms with Crippen LogP contribution in [0, 0.1) is 13.8 Å². The number of aliphatic hydroxyl groups excluding tert-OH is 1. The van der Waals surface area contributed by atoms with Gasteiger partial charge in [0.1, 0.15) is 12.4 Å². The number of hydrogen-bond donors (Lipinski definition) is 1. The molecular formula is C14H20O3. The van der Waals surface area contributed by atoms with Gasteiger partial charge >= 0.3 is 0 Å². The second kappa shape index (κ2) is 5.52. The van der Waals surface area contributed by atoms with E-state index in [-0.39, 0.29) is 12.7 Å². The molecule has 3 nitrogen and oxygen atoms in total. The van der Waals surface area contributed by atoms with Crippen molar-refractivity contribution < 1.29 is 14.6 Å². The number of rotatable bonds is 4. The lowest BCUT2D eigenvalue weighted by molar-refractivity contribution is 0.0675. The third-order valence-electron chi connectivity index (χ3n) is 3.14. The third kappa shape index (κ3) is 2.99. The molecule has 0 saturated carbocycles. The first-order chi connectivity index (χ1) is 8.20. The molecule has 1 atom stereocenters. The van der Waals surface area contributed by atoms with Crippen molar-refractivity contribution >= 4 is 0 Å². The molecule has 0 bridgehead atoms. The number of hydrogen-bond acceptors (Lipinski definition) is 3. The van der Waals surface area contributed by atoms with E-state index in [1.54, 1.807) is 0 Å². The Morgan fingerprint density at radius 2 is 2.06 bits per heavy atom. The monoisotopic (exact) mass is 236 g/mol. The number of benzene rings is 1. The van der Waals surface area contributed by atoms with E-state index in [4.69, 9.17) is 14.6 Å². The Morgan fingerprint density at radius 3 is 2.59 bits per heavy atom. The molecule has 0 radical (unpaired) electrons. The molecule has 2 rings (SSSR count). The van der Waals surface area contributed by atoms with E-state index in [2.05, 4.69) is 0 Å². The van der Waals surface area contributed by atoms with E-state index in [1.807, 2.05) is 26.0 Å². The van der Waals surface area contributed by atoms with E-state index in [0.717, 1.165) is 41.9 Å². The average molecular weight is 236 g/mol. The molecule has 0 amide bonds. The van der Waals surface area contributed by atoms with E-state index in [1.165, 1.54) is 0 Å². The van der Waals surface area contributed by atoms with Crippen molar-refractivity contribution in [2.24, 2.45) is 0 Å². The van der Waals surface area contributed by atoms with E-state index in [0.29, 0.717) is 6.61 Å². The Bertz CT molecular complexity index is 358. The van der Waals surface area contributed by atoms with Crippen LogP contribution in [0.4, 0.5) is 0 Å². The van der Waals surface area contributed by atoms with Crippen molar-refractivity contribution in [3.63, 3.8) is 0 Å². The van der Waals surface area contributed by atoms with Crippen molar-refractivity contribution in [1.29, 1.82) is 0 Å². The van der Waals surface area contributed by atoms with Gasteiger partial charge in [0.25, 0.3) is 0 Å². The zero-order chi connectivity index (χ0) is 12.3. The van der Waals surface area contributed by atoms with Crippen molar-refractivity contribution in [3.8, 4) is 5.75 Å². The van der Waals surface area contributed by atoms with Crippen LogP contribution in [-0.4, -0.2) is 24.4 Å². The molecule has 1 aromatic rings. The summed E-state index contributed by atoms with van der Waals surface area (Å²) in [5.41, 5.74) is 3.09. The standard InChI is InChI=1S/C14H20O3/c1-10-6-12(8-15)7-11(2)14(10)17-9-13-4-3-5-16-13/h6-7,13,15H,3-5,8-9H2,1-2H3. The Hall–Kier alpha value is -1.06. The van der Waals surface area contributed by atoms with Crippen LogP contribution in [0.5, 0.6) is 5.75 Å². The van der Waals surface area contributed by atoms with Gasteiger partial charge in [0.2, 0.25) is 0 Å². The van der Waals surface area contributed by atoms with Crippen molar-refractivity contribution in [2.45, 2.75) is 39.4 Å². The molecule has 1 saturated heterocycles. The van der Waals surface area contributed by atoms with Crippen molar-refractivity contribution in [1.82, 2.24) is 0 Å². The third-order valence-corrected chi connectivity index (χ3v) is 3.14. The molecule has 94 valence electrons. The summed E-state index contributed by atoms with van der Waals surface area (Å²) in [6.45, 7) is 5.58. The SMILES string of the molecule is Cc1cc(CO)cc(C)c1OCC1CCCO1. The van der Waals surface area contributed by atoms with Crippen LogP contribution in [0.25, 0.3) is 0 Å². The van der Waals surface area contributed by atoms with Crippen LogP contribution in [0.3, 0.4) is 0 Å². The van der Waals surface area contributed by atoms with Gasteiger partial charge in [-0.3, -0.25) is 0 Å². The Morgan fingerprint density at radius 1 is 1.35 bits per heavy atom. The van der Waals surface area contributed by atoms with Crippen molar-refractivity contribution in [3.05, 3.63) is 28.8 Å². The summed E-state index contributed by atoms with van der Waals surface area (Å²) in [4.78, 5) is 0. The molecule has 1 heterocycles. The summed E-state index contributed by atoms with van der Waals surface area (Å²) in [5.74, 6) is 0.928. The highest BCUT2D eigenvalue weighted by Gasteiger charge is 2.17. The van der Waals surface area contributed by atoms with Gasteiger partial charge in [0.15, 0.2) is 0 Å². The van der Waals surface area contributed by atoms with Gasteiger partial charge in [-0.15, -0.1) is 0 Å². The van der Waals surface area contributed by atoms with Gasteiger partial charge in [-0.2, -0.15) is 0 Å². The summed E-state index contributed by atoms with van der Waals surface area (Å²) < 4.78 is 11.4. The number of aryl methyl sites for hydroxylation is 2. The van der Waals surface area contributed by atoms with Gasteiger partial charge in [0, 0.05) is 6.61 Å². The number of aliphatic hydroxyl groups is 1. The molecule has 17 heavy (non-hydrogen) atoms. The first-order valence-electron chi connectivity index (χ1n) is 6.16. The molecule has 3 heteroatoms. The molecule has 1 aromatic carbocycles. The predicted octanol–water partition coefficient (Wildman–Crippen LogP) is 2.35. The second-order valence-corrected chi connectivity index (χ2v) is 4.66. The zero-order valence-electron chi connectivity index (χ0n) is 10.5. The molecular weight excluding hydrogens is 216 g/mol. The van der Waals surface area contributed by atoms with Crippen LogP contribution < -0.4 is 4.74 Å². The van der Waals surface area contributed by atoms with Crippen LogP contribution in [-0.2, 0) is 11.3 Å². The lowest BCUT2D eigenvalue weighted by atomic mass is 10.1. The summed E-state index contributed by atoms with van der Waals surface area (Å²) in [7, 11) is 0. The fourth-order valence-electron chi connectivity index (χ4n) is 2.31. The highest BCUT2D eigenvalue weighted by molar-refractivity contribution is 5.43. The first-order valence-corrected chi connectivity index (χ1v) is 6.16. The minimum absolute atomic E-state index is 0.0771. The minimum atomic E-state index is 0.0771. The lowest BCUT2D eigenvalue weighted by Crippen LogP contribution is -2.17. The van der Waals surface area contributed by atoms with Crippen LogP contribution in [0.2, 0.25) is 0 Å². The predicted molar refractivity (Wildman–Crippen MR) is 66.3 cm³/mol. The van der Waals surface area contributed by atoms with Gasteiger partial charge in [-0.25, -0.2) is 0 Å². The Kier molecular flexibility index (Phi) is 4.02. The molecule has 1 fully saturated rings. The maximum atomic E-state index is 9.12. The van der Waals surface area contributed by atoms with E-state index in [9.17, 15) is 0 Å². The van der Waals surface area contributed by atoms with E-state index >= 15 is 0 Å². The summed E-state index contributed by atoms with van der Waals surface area (Å²) in [5, 5.41) is 9.12. The normalized spacial score (nSPS) is 19.6. The molecule has 0 aliphatic carbocycles. The Labute approximate surface area is 102 Å². The second-order valence-electron chi connectivity index (χ2n) is 4.66. The highest BCUT2D eigenvalue weighted by Crippen LogP contribution is 2.26. The molecule has 1 unspecified atom stereocenters. The highest BCUT2D eigenvalue weighted by atomic mass is 16.5. The smallest absolute Gasteiger partial charge is 0.125 e. The Balaban J connectivity index is 2.04. The topological polar surface area (TPSA) is 38.7 Å². The molecule has 1 N–H and O–H groups in total. The van der Waals surface area contributed by atoms with Crippen molar-refractivity contribution in [2.75, 3.05) is 13.2 Å². The molecule has 0 aromatic heterocycles. The average Bonchev–Trinajstić information content (AvgIpc) is 2.80. The van der Waals surface area contributed by atoms with Crippen LogP contribution in [0.1, 0.15) is 29.5 Å². The summed E-state index contributed by atoms with van der Waals surface area (Å²) in [6, 6.07) is 3.94. The van der Waals surface area contributed by atoms with Gasteiger partial charge < -0.3 is 14.6 Å². The fraction of sp³-hybridized carbons (Fsp3) is 0.571. The zero-order valence-corrected chi connectivity index (χ0v) is 10.5. The maximum absolute atomic E-state index is 9.12. The quantitative estimate of drug-likeness (QED) is 0.872. The largest absolute Gasteiger partial charge is 0.490 e. The van der Waals surface area contributed by atoms with Crippen LogP contribution in [0.15, 0.2) is 12.1 Å². The van der Waals surface area contributed by atoms with E-state index < -0.39 is 0 Å². The molecule has 0 spiro atoms. The minimum Gasteiger partial charge on any atom is -0.490 e. The first kappa shape index (κ1) is 12.4. The van der Waals surface area contributed by atoms with Gasteiger partial charge in [0.05, 0.1) is 12.7 Å². The molecule has 1 aliphatic rings. The number of ether oxygens (including phenoxy) is 2. The van der Waals surface area contributed by atoms with Gasteiger partial charge in [-0.05, 0) is 43.4 Å².